The molecule has 0 spiro atoms. The predicted octanol–water partition coefficient (Wildman–Crippen LogP) is 2.21. The molecule has 0 radical (unpaired) electrons. The smallest absolute Gasteiger partial charge is 0.0447 e. The highest BCUT2D eigenvalue weighted by atomic mass is 14.7. The van der Waals surface area contributed by atoms with Gasteiger partial charge in [0.15, 0.2) is 0 Å². The van der Waals surface area contributed by atoms with Gasteiger partial charge < -0.3 is 4.99 Å². The molecule has 0 unspecified atom stereocenters. The molecule has 0 saturated carbocycles. The van der Waals surface area contributed by atoms with E-state index in [1.54, 1.807) is 0 Å². The molecular weight excluding hydrogens is 122 g/mol. The van der Waals surface area contributed by atoms with E-state index in [9.17, 15) is 0 Å². The van der Waals surface area contributed by atoms with Crippen molar-refractivity contribution in [3.05, 3.63) is 23.8 Å². The van der Waals surface area contributed by atoms with Gasteiger partial charge in [0.05, 0.1) is 0 Å². The Balaban J connectivity index is 2.44. The van der Waals surface area contributed by atoms with E-state index in [0.717, 1.165) is 13.0 Å². The minimum Gasteiger partial charge on any atom is -0.300 e. The zero-order chi connectivity index (χ0) is 7.40. The van der Waals surface area contributed by atoms with Gasteiger partial charge in [-0.1, -0.05) is 23.8 Å². The molecule has 54 valence electrons. The molecule has 0 bridgehead atoms. The van der Waals surface area contributed by atoms with Crippen molar-refractivity contribution in [3.8, 4) is 0 Å². The summed E-state index contributed by atoms with van der Waals surface area (Å²) in [6.45, 7) is 6.45. The van der Waals surface area contributed by atoms with Crippen LogP contribution in [0, 0.1) is 5.92 Å². The third-order valence-electron chi connectivity index (χ3n) is 1.74. The summed E-state index contributed by atoms with van der Waals surface area (Å²) < 4.78 is 0. The van der Waals surface area contributed by atoms with Gasteiger partial charge in [-0.3, -0.25) is 0 Å². The summed E-state index contributed by atoms with van der Waals surface area (Å²) in [5, 5.41) is 0. The van der Waals surface area contributed by atoms with Gasteiger partial charge in [-0.2, -0.15) is 0 Å². The maximum absolute atomic E-state index is 3.85. The van der Waals surface area contributed by atoms with Crippen molar-refractivity contribution in [2.75, 3.05) is 6.54 Å². The van der Waals surface area contributed by atoms with E-state index in [1.807, 2.05) is 0 Å². The number of aliphatic imine (C=N–C) groups is 1. The van der Waals surface area contributed by atoms with Gasteiger partial charge in [0.2, 0.25) is 0 Å². The van der Waals surface area contributed by atoms with Crippen molar-refractivity contribution in [3.63, 3.8) is 0 Å². The fourth-order valence-corrected chi connectivity index (χ4v) is 1.07. The van der Waals surface area contributed by atoms with Crippen LogP contribution in [0.15, 0.2) is 28.8 Å². The van der Waals surface area contributed by atoms with Gasteiger partial charge in [0.25, 0.3) is 0 Å². The summed E-state index contributed by atoms with van der Waals surface area (Å²) >= 11 is 0. The number of hydrogen-bond acceptors (Lipinski definition) is 1. The van der Waals surface area contributed by atoms with Crippen molar-refractivity contribution in [1.29, 1.82) is 0 Å². The second-order valence-electron chi connectivity index (χ2n) is 2.71. The molecule has 0 aliphatic heterocycles. The molecule has 1 aliphatic rings. The molecule has 10 heavy (non-hydrogen) atoms. The first-order chi connectivity index (χ1) is 4.83. The van der Waals surface area contributed by atoms with Crippen LogP contribution in [0.1, 0.15) is 13.3 Å². The van der Waals surface area contributed by atoms with Crippen LogP contribution in [-0.4, -0.2) is 13.3 Å². The summed E-state index contributed by atoms with van der Waals surface area (Å²) in [5.74, 6) is 0.598. The Bertz CT molecular complexity index is 177. The van der Waals surface area contributed by atoms with Gasteiger partial charge in [0, 0.05) is 12.5 Å². The molecule has 0 heterocycles. The van der Waals surface area contributed by atoms with E-state index in [0.29, 0.717) is 5.92 Å². The van der Waals surface area contributed by atoms with Gasteiger partial charge >= 0.3 is 0 Å². The largest absolute Gasteiger partial charge is 0.300 e. The average molecular weight is 135 g/mol. The summed E-state index contributed by atoms with van der Waals surface area (Å²) in [5.41, 5.74) is 1.36. The standard InChI is InChI=1S/C9H13N/c1-8-3-5-9(6-4-8)7-10-2/h3-5,9H,2,6-7H2,1H3/t9-/m1/s1. The first-order valence-electron chi connectivity index (χ1n) is 3.60. The van der Waals surface area contributed by atoms with E-state index >= 15 is 0 Å². The molecule has 1 heteroatoms. The maximum atomic E-state index is 3.85. The molecule has 1 aliphatic carbocycles. The van der Waals surface area contributed by atoms with E-state index in [2.05, 4.69) is 36.9 Å². The Morgan fingerprint density at radius 2 is 2.60 bits per heavy atom. The Hall–Kier alpha value is -0.850. The lowest BCUT2D eigenvalue weighted by atomic mass is 9.98. The number of nitrogens with zero attached hydrogens (tertiary/aromatic N) is 1. The minimum absolute atomic E-state index is 0.598. The lowest BCUT2D eigenvalue weighted by Gasteiger charge is -2.10. The third-order valence-corrected chi connectivity index (χ3v) is 1.74. The average Bonchev–Trinajstić information content (AvgIpc) is 1.95. The van der Waals surface area contributed by atoms with Crippen LogP contribution in [0.5, 0.6) is 0 Å². The molecule has 0 aromatic heterocycles. The van der Waals surface area contributed by atoms with Crippen molar-refractivity contribution in [2.24, 2.45) is 10.9 Å². The molecule has 0 saturated heterocycles. The van der Waals surface area contributed by atoms with Crippen molar-refractivity contribution in [2.45, 2.75) is 13.3 Å². The van der Waals surface area contributed by atoms with Gasteiger partial charge in [-0.05, 0) is 20.1 Å². The highest BCUT2D eigenvalue weighted by Gasteiger charge is 2.04. The Morgan fingerprint density at radius 3 is 3.10 bits per heavy atom. The van der Waals surface area contributed by atoms with Crippen LogP contribution in [0.4, 0.5) is 0 Å². The van der Waals surface area contributed by atoms with Gasteiger partial charge in [0.1, 0.15) is 0 Å². The molecule has 0 aromatic rings. The fraction of sp³-hybridized carbons (Fsp3) is 0.444. The lowest BCUT2D eigenvalue weighted by molar-refractivity contribution is 0.669. The van der Waals surface area contributed by atoms with E-state index in [1.165, 1.54) is 5.57 Å². The molecule has 1 nitrogen and oxygen atoms in total. The molecule has 0 aromatic carbocycles. The summed E-state index contributed by atoms with van der Waals surface area (Å²) in [6.07, 6.45) is 7.74. The van der Waals surface area contributed by atoms with E-state index in [4.69, 9.17) is 0 Å². The molecule has 0 fully saturated rings. The van der Waals surface area contributed by atoms with E-state index in [-0.39, 0.29) is 0 Å². The van der Waals surface area contributed by atoms with Crippen molar-refractivity contribution < 1.29 is 0 Å². The number of rotatable bonds is 2. The highest BCUT2D eigenvalue weighted by Crippen LogP contribution is 2.15. The number of allylic oxidation sites excluding steroid dienone is 3. The minimum atomic E-state index is 0.598. The monoisotopic (exact) mass is 135 g/mol. The van der Waals surface area contributed by atoms with Crippen LogP contribution in [0.25, 0.3) is 0 Å². The van der Waals surface area contributed by atoms with Gasteiger partial charge in [-0.25, -0.2) is 0 Å². The van der Waals surface area contributed by atoms with Crippen LogP contribution in [-0.2, 0) is 0 Å². The maximum Gasteiger partial charge on any atom is 0.0447 e. The first-order valence-corrected chi connectivity index (χ1v) is 3.60. The normalized spacial score (nSPS) is 24.1. The second-order valence-corrected chi connectivity index (χ2v) is 2.71. The third kappa shape index (κ3) is 1.83. The Morgan fingerprint density at radius 1 is 1.80 bits per heavy atom. The quantitative estimate of drug-likeness (QED) is 0.515. The van der Waals surface area contributed by atoms with Crippen LogP contribution < -0.4 is 0 Å². The first kappa shape index (κ1) is 7.26. The molecule has 1 atom stereocenters. The molecular formula is C9H13N. The molecule has 1 rings (SSSR count). The molecule has 0 amide bonds. The molecule has 0 N–H and O–H groups in total. The second kappa shape index (κ2) is 3.35. The zero-order valence-corrected chi connectivity index (χ0v) is 6.38. The topological polar surface area (TPSA) is 12.4 Å². The van der Waals surface area contributed by atoms with E-state index < -0.39 is 0 Å². The Labute approximate surface area is 62.2 Å². The summed E-state index contributed by atoms with van der Waals surface area (Å²) in [7, 11) is 0. The summed E-state index contributed by atoms with van der Waals surface area (Å²) in [4.78, 5) is 3.85. The van der Waals surface area contributed by atoms with Crippen LogP contribution >= 0.6 is 0 Å². The Kier molecular flexibility index (Phi) is 2.43. The van der Waals surface area contributed by atoms with Crippen LogP contribution in [0.2, 0.25) is 0 Å². The highest BCUT2D eigenvalue weighted by molar-refractivity contribution is 5.25. The van der Waals surface area contributed by atoms with Gasteiger partial charge in [-0.15, -0.1) is 0 Å². The fourth-order valence-electron chi connectivity index (χ4n) is 1.07. The summed E-state index contributed by atoms with van der Waals surface area (Å²) in [6, 6.07) is 0. The SMILES string of the molecule is C=NC[C@@H]1C=CC(C)=CC1. The van der Waals surface area contributed by atoms with Crippen LogP contribution in [0.3, 0.4) is 0 Å². The lowest BCUT2D eigenvalue weighted by Crippen LogP contribution is -2.02. The number of hydrogen-bond donors (Lipinski definition) is 0. The van der Waals surface area contributed by atoms with Crippen molar-refractivity contribution >= 4 is 6.72 Å². The predicted molar refractivity (Wildman–Crippen MR) is 45.4 cm³/mol. The van der Waals surface area contributed by atoms with Crippen molar-refractivity contribution in [1.82, 2.24) is 0 Å². The zero-order valence-electron chi connectivity index (χ0n) is 6.38.